The van der Waals surface area contributed by atoms with Crippen molar-refractivity contribution < 1.29 is 40.2 Å². The zero-order valence-electron chi connectivity index (χ0n) is 22.0. The molecular formula is C27H32F4N2O5S. The van der Waals surface area contributed by atoms with Gasteiger partial charge < -0.3 is 9.47 Å². The number of rotatable bonds is 9. The van der Waals surface area contributed by atoms with E-state index in [1.807, 2.05) is 6.92 Å². The van der Waals surface area contributed by atoms with Gasteiger partial charge >= 0.3 is 6.36 Å². The zero-order valence-corrected chi connectivity index (χ0v) is 22.8. The summed E-state index contributed by atoms with van der Waals surface area (Å²) in [4.78, 5) is 14.5. The molecule has 1 saturated heterocycles. The number of carbonyl (C=O) groups is 1. The minimum atomic E-state index is -4.73. The first-order valence-corrected chi connectivity index (χ1v) is 14.6. The van der Waals surface area contributed by atoms with Crippen molar-refractivity contribution >= 4 is 15.9 Å². The summed E-state index contributed by atoms with van der Waals surface area (Å²) in [5, 5.41) is 0. The summed E-state index contributed by atoms with van der Waals surface area (Å²) >= 11 is 0. The molecule has 0 spiro atoms. The Morgan fingerprint density at radius 3 is 2.31 bits per heavy atom. The number of nitrogens with zero attached hydrogens (tertiary/aromatic N) is 1. The molecule has 4 rings (SSSR count). The fourth-order valence-corrected chi connectivity index (χ4v) is 5.26. The van der Waals surface area contributed by atoms with Gasteiger partial charge in [-0.25, -0.2) is 17.5 Å². The lowest BCUT2D eigenvalue weighted by atomic mass is 9.80. The van der Waals surface area contributed by atoms with Crippen LogP contribution in [0.2, 0.25) is 0 Å². The van der Waals surface area contributed by atoms with Gasteiger partial charge in [0.1, 0.15) is 17.3 Å². The molecule has 0 aromatic heterocycles. The molecule has 1 N–H and O–H groups in total. The van der Waals surface area contributed by atoms with Gasteiger partial charge in [0.25, 0.3) is 5.91 Å². The van der Waals surface area contributed by atoms with Crippen LogP contribution in [0.25, 0.3) is 0 Å². The number of alkyl halides is 3. The number of likely N-dealkylation sites (tertiary alicyclic amines) is 1. The van der Waals surface area contributed by atoms with E-state index in [9.17, 15) is 30.8 Å². The lowest BCUT2D eigenvalue weighted by Crippen LogP contribution is -2.42. The number of amides is 1. The summed E-state index contributed by atoms with van der Waals surface area (Å²) in [7, 11) is -3.83. The predicted octanol–water partition coefficient (Wildman–Crippen LogP) is 5.53. The Balaban J connectivity index is 1.37. The summed E-state index contributed by atoms with van der Waals surface area (Å²) in [6.45, 7) is 5.93. The summed E-state index contributed by atoms with van der Waals surface area (Å²) in [5.41, 5.74) is 1.06. The number of benzene rings is 2. The lowest BCUT2D eigenvalue weighted by molar-refractivity contribution is -0.274. The second kappa shape index (κ2) is 11.0. The van der Waals surface area contributed by atoms with Crippen LogP contribution in [-0.2, 0) is 10.0 Å². The maximum atomic E-state index is 14.8. The molecule has 39 heavy (non-hydrogen) atoms. The largest absolute Gasteiger partial charge is 0.573 e. The van der Waals surface area contributed by atoms with Crippen molar-refractivity contribution in [2.24, 2.45) is 5.41 Å². The molecule has 1 atom stereocenters. The van der Waals surface area contributed by atoms with Crippen LogP contribution < -0.4 is 14.2 Å². The van der Waals surface area contributed by atoms with E-state index in [2.05, 4.69) is 16.6 Å². The first-order valence-electron chi connectivity index (χ1n) is 12.7. The van der Waals surface area contributed by atoms with E-state index in [1.54, 1.807) is 16.9 Å². The lowest BCUT2D eigenvalue weighted by Gasteiger charge is -2.41. The normalized spacial score (nSPS) is 18.8. The standard InChI is InChI=1S/C27H32F4N2O5S/c1-17(18-6-8-20(9-7-18)38-27(29,30)31)33-12-10-26(2,11-13-33)16-37-24-15-23(28)22(14-21(24)19-4-5-19)25(34)32-39(3,35)36/h6-9,14-15,17,19H,4-5,10-13,16H2,1-3H3,(H,32,34)/t17-/m0/s1. The zero-order chi connectivity index (χ0) is 28.6. The van der Waals surface area contributed by atoms with E-state index in [-0.39, 0.29) is 28.7 Å². The molecule has 0 unspecified atom stereocenters. The summed E-state index contributed by atoms with van der Waals surface area (Å²) in [6, 6.07) is 8.45. The highest BCUT2D eigenvalue weighted by Gasteiger charge is 2.35. The van der Waals surface area contributed by atoms with Gasteiger partial charge in [-0.1, -0.05) is 19.1 Å². The van der Waals surface area contributed by atoms with Gasteiger partial charge in [0.2, 0.25) is 10.0 Å². The molecule has 1 aliphatic heterocycles. The molecule has 2 aromatic rings. The first-order chi connectivity index (χ1) is 18.1. The van der Waals surface area contributed by atoms with Crippen LogP contribution in [0.1, 0.15) is 73.0 Å². The molecule has 1 aliphatic carbocycles. The predicted molar refractivity (Wildman–Crippen MR) is 137 cm³/mol. The van der Waals surface area contributed by atoms with Gasteiger partial charge in [-0.15, -0.1) is 13.2 Å². The van der Waals surface area contributed by atoms with E-state index in [1.165, 1.54) is 18.2 Å². The van der Waals surface area contributed by atoms with E-state index in [4.69, 9.17) is 4.74 Å². The highest BCUT2D eigenvalue weighted by molar-refractivity contribution is 7.89. The molecule has 2 fully saturated rings. The Labute approximate surface area is 225 Å². The van der Waals surface area contributed by atoms with Gasteiger partial charge in [0.15, 0.2) is 0 Å². The third-order valence-electron chi connectivity index (χ3n) is 7.36. The number of piperidine rings is 1. The monoisotopic (exact) mass is 572 g/mol. The first kappa shape index (κ1) is 29.1. The minimum absolute atomic E-state index is 0.00315. The Morgan fingerprint density at radius 2 is 1.77 bits per heavy atom. The van der Waals surface area contributed by atoms with E-state index >= 15 is 0 Å². The molecule has 12 heteroatoms. The average molecular weight is 573 g/mol. The number of hydrogen-bond acceptors (Lipinski definition) is 6. The Bertz CT molecular complexity index is 1300. The van der Waals surface area contributed by atoms with E-state index < -0.39 is 28.1 Å². The highest BCUT2D eigenvalue weighted by atomic mass is 32.2. The summed E-state index contributed by atoms with van der Waals surface area (Å²) in [6.07, 6.45) is -0.554. The third-order valence-corrected chi connectivity index (χ3v) is 7.92. The SMILES string of the molecule is C[C@@H](c1ccc(OC(F)(F)F)cc1)N1CCC(C)(COc2cc(F)c(C(=O)NS(C)(=O)=O)cc2C2CC2)CC1. The van der Waals surface area contributed by atoms with Crippen molar-refractivity contribution in [1.82, 2.24) is 9.62 Å². The maximum absolute atomic E-state index is 14.8. The Kier molecular flexibility index (Phi) is 8.18. The average Bonchev–Trinajstić information content (AvgIpc) is 3.67. The van der Waals surface area contributed by atoms with Gasteiger partial charge in [-0.05, 0) is 80.9 Å². The number of hydrogen-bond donors (Lipinski definition) is 1. The van der Waals surface area contributed by atoms with Gasteiger partial charge in [-0.2, -0.15) is 0 Å². The topological polar surface area (TPSA) is 84.9 Å². The highest BCUT2D eigenvalue weighted by Crippen LogP contribution is 2.46. The van der Waals surface area contributed by atoms with Crippen molar-refractivity contribution in [3.63, 3.8) is 0 Å². The summed E-state index contributed by atoms with van der Waals surface area (Å²) in [5.74, 6) is -1.62. The van der Waals surface area contributed by atoms with Crippen molar-refractivity contribution in [3.05, 3.63) is 58.9 Å². The van der Waals surface area contributed by atoms with Crippen molar-refractivity contribution in [2.45, 2.75) is 57.9 Å². The number of sulfonamides is 1. The molecule has 7 nitrogen and oxygen atoms in total. The van der Waals surface area contributed by atoms with Crippen LogP contribution in [0.3, 0.4) is 0 Å². The molecule has 1 saturated carbocycles. The van der Waals surface area contributed by atoms with Gasteiger partial charge in [0, 0.05) is 17.5 Å². The van der Waals surface area contributed by atoms with Crippen LogP contribution in [0.15, 0.2) is 36.4 Å². The Morgan fingerprint density at radius 1 is 1.15 bits per heavy atom. The van der Waals surface area contributed by atoms with E-state index in [0.717, 1.165) is 56.7 Å². The Hall–Kier alpha value is -2.86. The van der Waals surface area contributed by atoms with Crippen LogP contribution in [0, 0.1) is 11.2 Å². The number of carbonyl (C=O) groups excluding carboxylic acids is 1. The molecule has 0 radical (unpaired) electrons. The van der Waals surface area contributed by atoms with Crippen molar-refractivity contribution in [1.29, 1.82) is 0 Å². The fourth-order valence-electron chi connectivity index (χ4n) is 4.81. The summed E-state index contributed by atoms with van der Waals surface area (Å²) < 4.78 is 86.8. The molecule has 0 bridgehead atoms. The number of nitrogens with one attached hydrogen (secondary N) is 1. The second-order valence-corrected chi connectivity index (χ2v) is 12.5. The number of ether oxygens (including phenoxy) is 2. The minimum Gasteiger partial charge on any atom is -0.493 e. The number of halogens is 4. The van der Waals surface area contributed by atoms with E-state index in [0.29, 0.717) is 17.9 Å². The molecule has 1 heterocycles. The fraction of sp³-hybridized carbons (Fsp3) is 0.519. The molecule has 1 amide bonds. The molecule has 214 valence electrons. The van der Waals surface area contributed by atoms with Gasteiger partial charge in [0.05, 0.1) is 18.4 Å². The van der Waals surface area contributed by atoms with Crippen LogP contribution in [0.4, 0.5) is 17.6 Å². The second-order valence-electron chi connectivity index (χ2n) is 10.8. The third kappa shape index (κ3) is 7.84. The molecular weight excluding hydrogens is 540 g/mol. The van der Waals surface area contributed by atoms with Crippen LogP contribution >= 0.6 is 0 Å². The van der Waals surface area contributed by atoms with Crippen molar-refractivity contribution in [3.8, 4) is 11.5 Å². The van der Waals surface area contributed by atoms with Gasteiger partial charge in [-0.3, -0.25) is 9.69 Å². The molecule has 2 aromatic carbocycles. The smallest absolute Gasteiger partial charge is 0.493 e. The maximum Gasteiger partial charge on any atom is 0.573 e. The molecule has 2 aliphatic rings. The van der Waals surface area contributed by atoms with Crippen LogP contribution in [-0.4, -0.2) is 51.5 Å². The van der Waals surface area contributed by atoms with Crippen LogP contribution in [0.5, 0.6) is 11.5 Å². The quantitative estimate of drug-likeness (QED) is 0.398. The van der Waals surface area contributed by atoms with Crippen molar-refractivity contribution in [2.75, 3.05) is 26.0 Å².